The van der Waals surface area contributed by atoms with Crippen LogP contribution in [0.1, 0.15) is 5.89 Å². The van der Waals surface area contributed by atoms with Gasteiger partial charge < -0.3 is 15.3 Å². The number of aromatic nitrogens is 2. The molecule has 3 rings (SSSR count). The number of rotatable bonds is 6. The lowest BCUT2D eigenvalue weighted by atomic mass is 10.2. The lowest BCUT2D eigenvalue weighted by Gasteiger charge is -2.05. The van der Waals surface area contributed by atoms with E-state index in [0.29, 0.717) is 16.3 Å². The van der Waals surface area contributed by atoms with Gasteiger partial charge in [0.15, 0.2) is 9.84 Å². The maximum atomic E-state index is 11.8. The summed E-state index contributed by atoms with van der Waals surface area (Å²) in [5.74, 6) is -1.54. The Labute approximate surface area is 190 Å². The molecule has 0 bridgehead atoms. The molecule has 0 saturated carbocycles. The largest absolute Gasteiger partial charge is 0.477 e. The van der Waals surface area contributed by atoms with Gasteiger partial charge in [-0.3, -0.25) is 0 Å². The maximum Gasteiger partial charge on any atom is 0.353 e. The molecule has 0 aliphatic rings. The SMILES string of the molecule is CS(=O)(=O)c1cccc(-c2nnc(C(=Nc3ccccc3Cl)C(Br)=C(N)C(=O)O)o2)c1. The highest BCUT2D eigenvalue weighted by Gasteiger charge is 2.22. The number of halogens is 2. The van der Waals surface area contributed by atoms with Gasteiger partial charge in [0.05, 0.1) is 20.1 Å². The van der Waals surface area contributed by atoms with Crippen LogP contribution >= 0.6 is 27.5 Å². The van der Waals surface area contributed by atoms with Crippen molar-refractivity contribution in [2.45, 2.75) is 4.90 Å². The number of aliphatic carboxylic acids is 1. The van der Waals surface area contributed by atoms with E-state index < -0.39 is 21.5 Å². The Morgan fingerprint density at radius 3 is 2.55 bits per heavy atom. The third kappa shape index (κ3) is 5.19. The number of hydrogen-bond donors (Lipinski definition) is 2. The lowest BCUT2D eigenvalue weighted by molar-refractivity contribution is -0.132. The highest BCUT2D eigenvalue weighted by Crippen LogP contribution is 2.29. The normalized spacial score (nSPS) is 13.1. The summed E-state index contributed by atoms with van der Waals surface area (Å²) in [6.07, 6.45) is 1.08. The van der Waals surface area contributed by atoms with Crippen LogP contribution in [0.3, 0.4) is 0 Å². The van der Waals surface area contributed by atoms with Gasteiger partial charge in [-0.2, -0.15) is 0 Å². The molecular formula is C19H14BrClN4O5S. The molecule has 160 valence electrons. The van der Waals surface area contributed by atoms with Crippen LogP contribution < -0.4 is 5.73 Å². The summed E-state index contributed by atoms with van der Waals surface area (Å²) in [5, 5.41) is 17.4. The number of sulfone groups is 1. The molecule has 2 aromatic carbocycles. The first-order chi connectivity index (χ1) is 14.6. The highest BCUT2D eigenvalue weighted by atomic mass is 79.9. The van der Waals surface area contributed by atoms with Gasteiger partial charge in [0.2, 0.25) is 5.89 Å². The maximum absolute atomic E-state index is 11.8. The van der Waals surface area contributed by atoms with E-state index in [9.17, 15) is 18.3 Å². The van der Waals surface area contributed by atoms with Crippen molar-refractivity contribution in [3.63, 3.8) is 0 Å². The Morgan fingerprint density at radius 1 is 1.19 bits per heavy atom. The summed E-state index contributed by atoms with van der Waals surface area (Å²) in [6.45, 7) is 0. The number of benzene rings is 2. The fraction of sp³-hybridized carbons (Fsp3) is 0.0526. The van der Waals surface area contributed by atoms with E-state index in [2.05, 4.69) is 31.1 Å². The van der Waals surface area contributed by atoms with Crippen LogP contribution in [0.15, 0.2) is 73.0 Å². The first-order valence-corrected chi connectivity index (χ1v) is 11.5. The number of nitrogens with two attached hydrogens (primary N) is 1. The molecule has 12 heteroatoms. The van der Waals surface area contributed by atoms with Gasteiger partial charge in [-0.05, 0) is 46.3 Å². The van der Waals surface area contributed by atoms with Gasteiger partial charge in [-0.1, -0.05) is 29.8 Å². The van der Waals surface area contributed by atoms with Gasteiger partial charge >= 0.3 is 5.97 Å². The predicted octanol–water partition coefficient (Wildman–Crippen LogP) is 3.56. The minimum absolute atomic E-state index is 0.00144. The molecule has 3 aromatic rings. The van der Waals surface area contributed by atoms with Gasteiger partial charge in [0, 0.05) is 11.8 Å². The van der Waals surface area contributed by atoms with E-state index in [1.807, 2.05) is 0 Å². The fourth-order valence-corrected chi connectivity index (χ4v) is 3.64. The van der Waals surface area contributed by atoms with Gasteiger partial charge in [-0.15, -0.1) is 10.2 Å². The number of carbonyl (C=O) groups is 1. The van der Waals surface area contributed by atoms with Crippen LogP contribution in [-0.4, -0.2) is 41.7 Å². The van der Waals surface area contributed by atoms with Gasteiger partial charge in [-0.25, -0.2) is 18.2 Å². The molecule has 0 spiro atoms. The van der Waals surface area contributed by atoms with Crippen molar-refractivity contribution in [1.29, 1.82) is 0 Å². The Kier molecular flexibility index (Phi) is 6.58. The molecule has 0 aliphatic heterocycles. The standard InChI is InChI=1S/C19H14BrClN4O5S/c1-31(28,29)11-6-4-5-10(9-11)17-24-25-18(30-17)16(14(20)15(22)19(26)27)23-13-8-3-2-7-12(13)21/h2-9H,22H2,1H3,(H,26,27). The van der Waals surface area contributed by atoms with Crippen molar-refractivity contribution in [3.8, 4) is 11.5 Å². The second kappa shape index (κ2) is 9.00. The zero-order valence-electron chi connectivity index (χ0n) is 15.8. The van der Waals surface area contributed by atoms with E-state index >= 15 is 0 Å². The molecule has 0 fully saturated rings. The van der Waals surface area contributed by atoms with Gasteiger partial charge in [0.1, 0.15) is 11.4 Å². The molecule has 31 heavy (non-hydrogen) atoms. The number of aliphatic imine (C=N–C) groups is 1. The summed E-state index contributed by atoms with van der Waals surface area (Å²) in [4.78, 5) is 15.8. The number of hydrogen-bond acceptors (Lipinski definition) is 8. The zero-order valence-corrected chi connectivity index (χ0v) is 18.9. The smallest absolute Gasteiger partial charge is 0.353 e. The minimum atomic E-state index is -3.45. The quantitative estimate of drug-likeness (QED) is 0.366. The van der Waals surface area contributed by atoms with Crippen molar-refractivity contribution >= 4 is 54.7 Å². The molecule has 0 aliphatic carbocycles. The third-order valence-corrected chi connectivity index (χ3v) is 6.13. The van der Waals surface area contributed by atoms with Crippen LogP contribution in [-0.2, 0) is 14.6 Å². The number of nitrogens with zero attached hydrogens (tertiary/aromatic N) is 3. The van der Waals surface area contributed by atoms with E-state index in [4.69, 9.17) is 21.8 Å². The number of carboxylic acid groups (broad SMARTS) is 1. The van der Waals surface area contributed by atoms with E-state index in [-0.39, 0.29) is 26.9 Å². The summed E-state index contributed by atoms with van der Waals surface area (Å²) in [7, 11) is -3.45. The van der Waals surface area contributed by atoms with Crippen LogP contribution in [0.2, 0.25) is 5.02 Å². The van der Waals surface area contributed by atoms with Crippen molar-refractivity contribution in [1.82, 2.24) is 10.2 Å². The van der Waals surface area contributed by atoms with Gasteiger partial charge in [0.25, 0.3) is 5.89 Å². The second-order valence-electron chi connectivity index (χ2n) is 6.16. The predicted molar refractivity (Wildman–Crippen MR) is 118 cm³/mol. The molecule has 0 amide bonds. The van der Waals surface area contributed by atoms with Crippen LogP contribution in [0, 0.1) is 0 Å². The molecule has 1 heterocycles. The van der Waals surface area contributed by atoms with Crippen molar-refractivity contribution in [2.24, 2.45) is 10.7 Å². The summed E-state index contributed by atoms with van der Waals surface area (Å²) >= 11 is 9.28. The Hall–Kier alpha value is -3.02. The number of allylic oxidation sites excluding steroid dienone is 1. The highest BCUT2D eigenvalue weighted by molar-refractivity contribution is 9.12. The molecule has 0 atom stereocenters. The molecule has 0 unspecified atom stereocenters. The average Bonchev–Trinajstić information content (AvgIpc) is 3.21. The molecule has 1 aromatic heterocycles. The monoisotopic (exact) mass is 524 g/mol. The Morgan fingerprint density at radius 2 is 1.90 bits per heavy atom. The van der Waals surface area contributed by atoms with Crippen LogP contribution in [0.4, 0.5) is 5.69 Å². The second-order valence-corrected chi connectivity index (χ2v) is 9.37. The first-order valence-electron chi connectivity index (χ1n) is 8.44. The molecule has 9 nitrogen and oxygen atoms in total. The van der Waals surface area contributed by atoms with Crippen LogP contribution in [0.5, 0.6) is 0 Å². The summed E-state index contributed by atoms with van der Waals surface area (Å²) in [6, 6.07) is 12.5. The van der Waals surface area contributed by atoms with E-state index in [0.717, 1.165) is 6.26 Å². The Bertz CT molecular complexity index is 1330. The fourth-order valence-electron chi connectivity index (χ4n) is 2.37. The molecule has 0 radical (unpaired) electrons. The third-order valence-electron chi connectivity index (χ3n) is 3.90. The van der Waals surface area contributed by atoms with E-state index in [1.165, 1.54) is 18.2 Å². The minimum Gasteiger partial charge on any atom is -0.477 e. The topological polar surface area (TPSA) is 149 Å². The average molecular weight is 526 g/mol. The number of carboxylic acids is 1. The number of para-hydroxylation sites is 1. The van der Waals surface area contributed by atoms with E-state index in [1.54, 1.807) is 30.3 Å². The Balaban J connectivity index is 2.15. The molecule has 3 N–H and O–H groups in total. The van der Waals surface area contributed by atoms with Crippen molar-refractivity contribution < 1.29 is 22.7 Å². The summed E-state index contributed by atoms with van der Waals surface area (Å²) in [5.41, 5.74) is 5.70. The van der Waals surface area contributed by atoms with Crippen molar-refractivity contribution in [2.75, 3.05) is 6.26 Å². The molecule has 0 saturated heterocycles. The zero-order chi connectivity index (χ0) is 22.8. The lowest BCUT2D eigenvalue weighted by Crippen LogP contribution is -2.16. The first kappa shape index (κ1) is 22.7. The molecular weight excluding hydrogens is 512 g/mol. The van der Waals surface area contributed by atoms with Crippen LogP contribution in [0.25, 0.3) is 11.5 Å². The van der Waals surface area contributed by atoms with Crippen molar-refractivity contribution in [3.05, 3.63) is 69.6 Å². The summed E-state index contributed by atoms with van der Waals surface area (Å²) < 4.78 is 29.2.